The molecule has 4 nitrogen and oxygen atoms in total. The summed E-state index contributed by atoms with van der Waals surface area (Å²) in [6, 6.07) is 8.78. The molecule has 1 heterocycles. The second-order valence-corrected chi connectivity index (χ2v) is 5.08. The number of guanidine groups is 1. The lowest BCUT2D eigenvalue weighted by Gasteiger charge is -2.19. The second-order valence-electron chi connectivity index (χ2n) is 4.16. The quantitative estimate of drug-likeness (QED) is 0.643. The van der Waals surface area contributed by atoms with Crippen molar-refractivity contribution in [3.63, 3.8) is 0 Å². The van der Waals surface area contributed by atoms with E-state index in [4.69, 9.17) is 5.73 Å². The smallest absolute Gasteiger partial charge is 0.188 e. The molecule has 0 saturated carbocycles. The van der Waals surface area contributed by atoms with E-state index in [9.17, 15) is 0 Å². The highest BCUT2D eigenvalue weighted by Gasteiger charge is 2.22. The van der Waals surface area contributed by atoms with Crippen LogP contribution in [0.4, 0.5) is 5.69 Å². The molecule has 1 aliphatic heterocycles. The first-order chi connectivity index (χ1) is 8.19. The highest BCUT2D eigenvalue weighted by molar-refractivity contribution is 9.10. The third-order valence-corrected chi connectivity index (χ3v) is 3.50. The molecule has 1 fully saturated rings. The molecular formula is C12H17BrN4. The van der Waals surface area contributed by atoms with Crippen molar-refractivity contribution >= 4 is 27.6 Å². The SMILES string of the molecule is CN=C(N)NC1CCN(c2ccc(Br)cc2)C1. The fraction of sp³-hybridized carbons (Fsp3) is 0.417. The lowest BCUT2D eigenvalue weighted by atomic mass is 10.3. The van der Waals surface area contributed by atoms with Gasteiger partial charge in [0, 0.05) is 36.3 Å². The Kier molecular flexibility index (Phi) is 3.89. The zero-order valence-corrected chi connectivity index (χ0v) is 11.4. The summed E-state index contributed by atoms with van der Waals surface area (Å²) in [5.41, 5.74) is 6.93. The van der Waals surface area contributed by atoms with Gasteiger partial charge in [0.2, 0.25) is 0 Å². The van der Waals surface area contributed by atoms with E-state index in [1.54, 1.807) is 7.05 Å². The molecule has 1 unspecified atom stereocenters. The van der Waals surface area contributed by atoms with Crippen molar-refractivity contribution in [2.75, 3.05) is 25.0 Å². The molecule has 17 heavy (non-hydrogen) atoms. The summed E-state index contributed by atoms with van der Waals surface area (Å²) in [5, 5.41) is 3.22. The van der Waals surface area contributed by atoms with Crippen LogP contribution in [0.5, 0.6) is 0 Å². The number of hydrogen-bond acceptors (Lipinski definition) is 2. The molecule has 1 aromatic carbocycles. The Labute approximate surface area is 110 Å². The van der Waals surface area contributed by atoms with Gasteiger partial charge in [0.25, 0.3) is 0 Å². The maximum absolute atomic E-state index is 5.67. The molecule has 1 aliphatic rings. The standard InChI is InChI=1S/C12H17BrN4/c1-15-12(14)16-10-6-7-17(8-10)11-4-2-9(13)3-5-11/h2-5,10H,6-8H2,1H3,(H3,14,15,16). The third-order valence-electron chi connectivity index (χ3n) is 2.97. The Bertz CT molecular complexity index is 401. The zero-order chi connectivity index (χ0) is 12.3. The van der Waals surface area contributed by atoms with Crippen LogP contribution in [-0.2, 0) is 0 Å². The first-order valence-corrected chi connectivity index (χ1v) is 6.47. The summed E-state index contributed by atoms with van der Waals surface area (Å²) >= 11 is 3.44. The van der Waals surface area contributed by atoms with Gasteiger partial charge < -0.3 is 16.0 Å². The maximum atomic E-state index is 5.67. The number of nitrogens with one attached hydrogen (secondary N) is 1. The van der Waals surface area contributed by atoms with Crippen LogP contribution >= 0.6 is 15.9 Å². The summed E-state index contributed by atoms with van der Waals surface area (Å²) in [5.74, 6) is 0.521. The Morgan fingerprint density at radius 3 is 2.82 bits per heavy atom. The van der Waals surface area contributed by atoms with Crippen molar-refractivity contribution < 1.29 is 0 Å². The predicted molar refractivity (Wildman–Crippen MR) is 75.4 cm³/mol. The number of aliphatic imine (C=N–C) groups is 1. The van der Waals surface area contributed by atoms with Gasteiger partial charge in [-0.1, -0.05) is 15.9 Å². The van der Waals surface area contributed by atoms with E-state index in [1.807, 2.05) is 0 Å². The summed E-state index contributed by atoms with van der Waals surface area (Å²) < 4.78 is 1.11. The summed E-state index contributed by atoms with van der Waals surface area (Å²) in [7, 11) is 1.70. The molecule has 3 N–H and O–H groups in total. The van der Waals surface area contributed by atoms with Crippen molar-refractivity contribution in [3.8, 4) is 0 Å². The number of anilines is 1. The fourth-order valence-electron chi connectivity index (χ4n) is 2.04. The van der Waals surface area contributed by atoms with Crippen LogP contribution in [0, 0.1) is 0 Å². The maximum Gasteiger partial charge on any atom is 0.188 e. The summed E-state index contributed by atoms with van der Waals surface area (Å²) in [6.45, 7) is 2.02. The number of halogens is 1. The minimum absolute atomic E-state index is 0.391. The van der Waals surface area contributed by atoms with Crippen LogP contribution < -0.4 is 16.0 Å². The fourth-order valence-corrected chi connectivity index (χ4v) is 2.30. The van der Waals surface area contributed by atoms with Gasteiger partial charge in [0.05, 0.1) is 0 Å². The van der Waals surface area contributed by atoms with Gasteiger partial charge >= 0.3 is 0 Å². The van der Waals surface area contributed by atoms with Crippen LogP contribution in [0.1, 0.15) is 6.42 Å². The number of nitrogens with two attached hydrogens (primary N) is 1. The van der Waals surface area contributed by atoms with Gasteiger partial charge in [-0.25, -0.2) is 0 Å². The van der Waals surface area contributed by atoms with Gasteiger partial charge in [-0.3, -0.25) is 4.99 Å². The summed E-state index contributed by atoms with van der Waals surface area (Å²) in [4.78, 5) is 6.27. The normalized spacial score (nSPS) is 20.7. The predicted octanol–water partition coefficient (Wildman–Crippen LogP) is 1.56. The van der Waals surface area contributed by atoms with E-state index >= 15 is 0 Å². The third kappa shape index (κ3) is 3.12. The highest BCUT2D eigenvalue weighted by Crippen LogP contribution is 2.22. The van der Waals surface area contributed by atoms with E-state index in [0.717, 1.165) is 24.0 Å². The minimum atomic E-state index is 0.391. The van der Waals surface area contributed by atoms with E-state index < -0.39 is 0 Å². The van der Waals surface area contributed by atoms with Crippen LogP contribution in [0.2, 0.25) is 0 Å². The van der Waals surface area contributed by atoms with Crippen molar-refractivity contribution in [3.05, 3.63) is 28.7 Å². The molecule has 1 aromatic rings. The molecule has 2 rings (SSSR count). The van der Waals surface area contributed by atoms with Gasteiger partial charge in [0.1, 0.15) is 0 Å². The molecule has 0 aromatic heterocycles. The number of benzene rings is 1. The van der Waals surface area contributed by atoms with Crippen molar-refractivity contribution in [2.24, 2.45) is 10.7 Å². The molecule has 1 saturated heterocycles. The average Bonchev–Trinajstić information content (AvgIpc) is 2.78. The average molecular weight is 297 g/mol. The lowest BCUT2D eigenvalue weighted by molar-refractivity contribution is 0.666. The number of rotatable bonds is 2. The molecule has 5 heteroatoms. The Morgan fingerprint density at radius 1 is 1.47 bits per heavy atom. The van der Waals surface area contributed by atoms with Crippen LogP contribution in [-0.4, -0.2) is 32.1 Å². The molecule has 92 valence electrons. The van der Waals surface area contributed by atoms with E-state index in [1.165, 1.54) is 5.69 Å². The first kappa shape index (κ1) is 12.2. The van der Waals surface area contributed by atoms with E-state index in [0.29, 0.717) is 12.0 Å². The molecule has 1 atom stereocenters. The topological polar surface area (TPSA) is 53.6 Å². The molecular weight excluding hydrogens is 280 g/mol. The minimum Gasteiger partial charge on any atom is -0.370 e. The van der Waals surface area contributed by atoms with Crippen molar-refractivity contribution in [1.82, 2.24) is 5.32 Å². The zero-order valence-electron chi connectivity index (χ0n) is 9.86. The van der Waals surface area contributed by atoms with Gasteiger partial charge in [-0.05, 0) is 30.7 Å². The van der Waals surface area contributed by atoms with Crippen molar-refractivity contribution in [1.29, 1.82) is 0 Å². The Hall–Kier alpha value is -1.23. The largest absolute Gasteiger partial charge is 0.370 e. The van der Waals surface area contributed by atoms with Gasteiger partial charge in [-0.15, -0.1) is 0 Å². The highest BCUT2D eigenvalue weighted by atomic mass is 79.9. The number of nitrogens with zero attached hydrogens (tertiary/aromatic N) is 2. The Morgan fingerprint density at radius 2 is 2.18 bits per heavy atom. The molecule has 0 radical (unpaired) electrons. The van der Waals surface area contributed by atoms with E-state index in [-0.39, 0.29) is 0 Å². The van der Waals surface area contributed by atoms with Gasteiger partial charge in [0.15, 0.2) is 5.96 Å². The monoisotopic (exact) mass is 296 g/mol. The lowest BCUT2D eigenvalue weighted by Crippen LogP contribution is -2.41. The van der Waals surface area contributed by atoms with Gasteiger partial charge in [-0.2, -0.15) is 0 Å². The summed E-state index contributed by atoms with van der Waals surface area (Å²) in [6.07, 6.45) is 1.09. The first-order valence-electron chi connectivity index (χ1n) is 5.68. The van der Waals surface area contributed by atoms with Crippen LogP contribution in [0.15, 0.2) is 33.7 Å². The molecule has 0 aliphatic carbocycles. The number of hydrogen-bond donors (Lipinski definition) is 2. The van der Waals surface area contributed by atoms with Crippen LogP contribution in [0.3, 0.4) is 0 Å². The van der Waals surface area contributed by atoms with Crippen LogP contribution in [0.25, 0.3) is 0 Å². The van der Waals surface area contributed by atoms with E-state index in [2.05, 4.69) is 55.4 Å². The molecule has 0 amide bonds. The molecule has 0 bridgehead atoms. The second kappa shape index (κ2) is 5.40. The van der Waals surface area contributed by atoms with Crippen molar-refractivity contribution in [2.45, 2.75) is 12.5 Å². The molecule has 0 spiro atoms. The Balaban J connectivity index is 1.95.